The molecule has 0 spiro atoms. The Kier molecular flexibility index (Phi) is 4.98. The Hall–Kier alpha value is -1.74. The van der Waals surface area contributed by atoms with Crippen molar-refractivity contribution in [3.8, 4) is 0 Å². The molecule has 4 fully saturated rings. The molecule has 4 aliphatic rings. The number of hydrogen-bond acceptors (Lipinski definition) is 6. The summed E-state index contributed by atoms with van der Waals surface area (Å²) in [4.78, 5) is 31.5. The van der Waals surface area contributed by atoms with Gasteiger partial charge in [-0.3, -0.25) is 9.59 Å². The topological polar surface area (TPSA) is 102 Å². The summed E-state index contributed by atoms with van der Waals surface area (Å²) in [5, 5.41) is 0. The molecule has 4 unspecified atom stereocenters. The second kappa shape index (κ2) is 7.50. The van der Waals surface area contributed by atoms with Crippen LogP contribution in [0.5, 0.6) is 0 Å². The summed E-state index contributed by atoms with van der Waals surface area (Å²) in [6, 6.07) is 0. The van der Waals surface area contributed by atoms with E-state index in [0.29, 0.717) is 31.2 Å². The van der Waals surface area contributed by atoms with Crippen molar-refractivity contribution < 1.29 is 23.0 Å². The summed E-state index contributed by atoms with van der Waals surface area (Å²) in [6.45, 7) is 0.928. The van der Waals surface area contributed by atoms with Crippen LogP contribution in [0.4, 0.5) is 0 Å². The molecule has 29 heavy (non-hydrogen) atoms. The summed E-state index contributed by atoms with van der Waals surface area (Å²) in [5.74, 6) is 0.872. The SMILES string of the molecule is O=C(N=S1(=O)CCCN(C(=O)C2CC3CCC2O3)CC1)c1coc(C2CCC2)n1. The Bertz CT molecular complexity index is 930. The monoisotopic (exact) mass is 421 g/mol. The van der Waals surface area contributed by atoms with Gasteiger partial charge in [0, 0.05) is 30.5 Å². The number of aromatic nitrogens is 1. The first-order valence-corrected chi connectivity index (χ1v) is 12.5. The zero-order chi connectivity index (χ0) is 20.0. The summed E-state index contributed by atoms with van der Waals surface area (Å²) >= 11 is 0. The Morgan fingerprint density at radius 3 is 2.69 bits per heavy atom. The fourth-order valence-corrected chi connectivity index (χ4v) is 6.69. The van der Waals surface area contributed by atoms with Gasteiger partial charge in [0.25, 0.3) is 0 Å². The fraction of sp³-hybridized carbons (Fsp3) is 0.750. The van der Waals surface area contributed by atoms with Crippen molar-refractivity contribution in [2.45, 2.75) is 63.1 Å². The van der Waals surface area contributed by atoms with Crippen molar-refractivity contribution in [3.63, 3.8) is 0 Å². The maximum atomic E-state index is 13.2. The molecule has 0 radical (unpaired) electrons. The number of fused-ring (bicyclic) bond motifs is 2. The van der Waals surface area contributed by atoms with E-state index in [1.165, 1.54) is 6.26 Å². The Morgan fingerprint density at radius 2 is 2.00 bits per heavy atom. The van der Waals surface area contributed by atoms with Crippen LogP contribution in [-0.2, 0) is 19.3 Å². The van der Waals surface area contributed by atoms with E-state index in [9.17, 15) is 13.8 Å². The standard InChI is InChI=1S/C20H27N3O5S/c24-18(16-12-27-19(21-16)13-3-1-4-13)22-29(26)9-2-7-23(8-10-29)20(25)15-11-14-5-6-17(15)28-14/h12-15,17H,1-11H2. The lowest BCUT2D eigenvalue weighted by molar-refractivity contribution is -0.136. The van der Waals surface area contributed by atoms with Gasteiger partial charge in [0.15, 0.2) is 11.6 Å². The molecule has 158 valence electrons. The van der Waals surface area contributed by atoms with E-state index in [1.54, 1.807) is 4.90 Å². The maximum Gasteiger partial charge on any atom is 0.307 e. The van der Waals surface area contributed by atoms with Crippen LogP contribution in [0.15, 0.2) is 15.0 Å². The highest BCUT2D eigenvalue weighted by atomic mass is 32.2. The molecule has 1 aromatic rings. The highest BCUT2D eigenvalue weighted by molar-refractivity contribution is 7.93. The highest BCUT2D eigenvalue weighted by Crippen LogP contribution is 2.40. The van der Waals surface area contributed by atoms with Gasteiger partial charge in [0.05, 0.1) is 27.9 Å². The molecule has 4 atom stereocenters. The third kappa shape index (κ3) is 3.74. The van der Waals surface area contributed by atoms with E-state index >= 15 is 0 Å². The first-order valence-electron chi connectivity index (χ1n) is 10.7. The molecule has 0 N–H and O–H groups in total. The van der Waals surface area contributed by atoms with E-state index in [0.717, 1.165) is 38.5 Å². The first-order chi connectivity index (χ1) is 14.0. The third-order valence-corrected chi connectivity index (χ3v) is 9.00. The molecule has 2 amide bonds. The van der Waals surface area contributed by atoms with Crippen LogP contribution in [0, 0.1) is 5.92 Å². The van der Waals surface area contributed by atoms with E-state index in [1.807, 2.05) is 0 Å². The normalized spacial score (nSPS) is 34.6. The van der Waals surface area contributed by atoms with Crippen molar-refractivity contribution in [1.29, 1.82) is 0 Å². The van der Waals surface area contributed by atoms with Crippen molar-refractivity contribution >= 4 is 21.5 Å². The smallest absolute Gasteiger partial charge is 0.307 e. The molecule has 1 aliphatic carbocycles. The lowest BCUT2D eigenvalue weighted by atomic mass is 9.85. The van der Waals surface area contributed by atoms with Crippen LogP contribution in [0.2, 0.25) is 0 Å². The molecule has 5 rings (SSSR count). The molecular formula is C20H27N3O5S. The fourth-order valence-electron chi connectivity index (χ4n) is 4.82. The van der Waals surface area contributed by atoms with Gasteiger partial charge < -0.3 is 14.1 Å². The Labute approximate surface area is 170 Å². The number of carbonyl (C=O) groups excluding carboxylic acids is 2. The number of nitrogens with zero attached hydrogens (tertiary/aromatic N) is 3. The summed E-state index contributed by atoms with van der Waals surface area (Å²) in [5.41, 5.74) is 0.130. The minimum atomic E-state index is -2.71. The van der Waals surface area contributed by atoms with Crippen LogP contribution in [0.25, 0.3) is 0 Å². The van der Waals surface area contributed by atoms with E-state index < -0.39 is 15.6 Å². The van der Waals surface area contributed by atoms with Crippen LogP contribution in [0.3, 0.4) is 0 Å². The van der Waals surface area contributed by atoms with Gasteiger partial charge in [0.1, 0.15) is 6.26 Å². The molecule has 0 aromatic carbocycles. The summed E-state index contributed by atoms with van der Waals surface area (Å²) in [6.07, 6.45) is 8.18. The number of amides is 2. The van der Waals surface area contributed by atoms with Crippen molar-refractivity contribution in [2.75, 3.05) is 24.6 Å². The lowest BCUT2D eigenvalue weighted by Gasteiger charge is -2.26. The molecule has 8 nitrogen and oxygen atoms in total. The van der Waals surface area contributed by atoms with E-state index in [4.69, 9.17) is 9.15 Å². The molecule has 3 aliphatic heterocycles. The molecule has 3 saturated heterocycles. The molecule has 4 heterocycles. The van der Waals surface area contributed by atoms with E-state index in [2.05, 4.69) is 9.35 Å². The highest BCUT2D eigenvalue weighted by Gasteiger charge is 2.45. The third-order valence-electron chi connectivity index (χ3n) is 6.75. The van der Waals surface area contributed by atoms with Crippen LogP contribution < -0.4 is 0 Å². The molecule has 1 aromatic heterocycles. The minimum absolute atomic E-state index is 0.0448. The molecule has 2 bridgehead atoms. The van der Waals surface area contributed by atoms with Gasteiger partial charge in [-0.15, -0.1) is 0 Å². The van der Waals surface area contributed by atoms with Crippen molar-refractivity contribution in [1.82, 2.24) is 9.88 Å². The minimum Gasteiger partial charge on any atom is -0.448 e. The predicted octanol–water partition coefficient (Wildman–Crippen LogP) is 2.35. The molecule has 1 saturated carbocycles. The van der Waals surface area contributed by atoms with Gasteiger partial charge in [-0.25, -0.2) is 9.19 Å². The number of rotatable bonds is 3. The zero-order valence-electron chi connectivity index (χ0n) is 16.5. The number of hydrogen-bond donors (Lipinski definition) is 0. The van der Waals surface area contributed by atoms with Crippen LogP contribution >= 0.6 is 0 Å². The number of carbonyl (C=O) groups is 2. The average molecular weight is 422 g/mol. The van der Waals surface area contributed by atoms with Gasteiger partial charge in [-0.05, 0) is 38.5 Å². The van der Waals surface area contributed by atoms with Crippen molar-refractivity contribution in [3.05, 3.63) is 17.8 Å². The van der Waals surface area contributed by atoms with E-state index in [-0.39, 0.29) is 41.4 Å². The first kappa shape index (κ1) is 19.2. The maximum absolute atomic E-state index is 13.2. The zero-order valence-corrected chi connectivity index (χ0v) is 17.3. The number of ether oxygens (including phenoxy) is 1. The second-order valence-corrected chi connectivity index (χ2v) is 11.2. The Morgan fingerprint density at radius 1 is 1.14 bits per heavy atom. The lowest BCUT2D eigenvalue weighted by Crippen LogP contribution is -2.41. The average Bonchev–Trinajstić information content (AvgIpc) is 3.37. The van der Waals surface area contributed by atoms with Crippen LogP contribution in [-0.4, -0.2) is 62.7 Å². The second-order valence-electron chi connectivity index (χ2n) is 8.67. The summed E-state index contributed by atoms with van der Waals surface area (Å²) < 4.78 is 28.5. The van der Waals surface area contributed by atoms with Gasteiger partial charge in [-0.1, -0.05) is 6.42 Å². The summed E-state index contributed by atoms with van der Waals surface area (Å²) in [7, 11) is -2.71. The predicted molar refractivity (Wildman–Crippen MR) is 105 cm³/mol. The number of oxazole rings is 1. The molecule has 9 heteroatoms. The largest absolute Gasteiger partial charge is 0.448 e. The van der Waals surface area contributed by atoms with Crippen molar-refractivity contribution in [2.24, 2.45) is 10.3 Å². The molecular weight excluding hydrogens is 394 g/mol. The van der Waals surface area contributed by atoms with Gasteiger partial charge in [-0.2, -0.15) is 4.36 Å². The Balaban J connectivity index is 1.25. The quantitative estimate of drug-likeness (QED) is 0.742. The van der Waals surface area contributed by atoms with Crippen LogP contribution in [0.1, 0.15) is 67.2 Å². The van der Waals surface area contributed by atoms with Gasteiger partial charge in [0.2, 0.25) is 5.91 Å². The van der Waals surface area contributed by atoms with Gasteiger partial charge >= 0.3 is 5.91 Å².